The molecule has 7 nitrogen and oxygen atoms in total. The number of para-hydroxylation sites is 1. The third kappa shape index (κ3) is 3.93. The molecule has 0 aliphatic carbocycles. The van der Waals surface area contributed by atoms with E-state index in [1.165, 1.54) is 0 Å². The quantitative estimate of drug-likeness (QED) is 0.488. The summed E-state index contributed by atoms with van der Waals surface area (Å²) in [7, 11) is 0. The second-order valence-corrected chi connectivity index (χ2v) is 5.61. The van der Waals surface area contributed by atoms with E-state index >= 15 is 0 Å². The molecule has 1 unspecified atom stereocenters. The van der Waals surface area contributed by atoms with E-state index in [4.69, 9.17) is 0 Å². The van der Waals surface area contributed by atoms with Gasteiger partial charge < -0.3 is 15.4 Å². The van der Waals surface area contributed by atoms with Crippen LogP contribution in [0.5, 0.6) is 0 Å². The fourth-order valence-corrected chi connectivity index (χ4v) is 2.45. The predicted octanol–water partition coefficient (Wildman–Crippen LogP) is 1.92. The van der Waals surface area contributed by atoms with Crippen molar-refractivity contribution >= 4 is 23.4 Å². The van der Waals surface area contributed by atoms with Crippen LogP contribution in [0.4, 0.5) is 5.69 Å². The minimum absolute atomic E-state index is 0.354. The molecule has 0 fully saturated rings. The number of anilines is 1. The standard InChI is InChI=1S/C15H13N5O2S/c21-13(17-11-4-2-1-3-5-11)14(22)23-15-18-12(19-20-15)10-6-8-16-9-7-10/h1-9,14,22H,(H,17,21)(H,18,19,20). The normalized spacial score (nSPS) is 11.9. The number of aromatic nitrogens is 4. The number of carbonyl (C=O) groups excluding carboxylic acids is 1. The van der Waals surface area contributed by atoms with Gasteiger partial charge in [0.2, 0.25) is 0 Å². The number of rotatable bonds is 5. The molecular formula is C15H13N5O2S. The summed E-state index contributed by atoms with van der Waals surface area (Å²) in [6.45, 7) is 0. The SMILES string of the molecule is O=C(Nc1ccccc1)C(O)Sc1nnc(-c2ccncc2)[nH]1. The minimum atomic E-state index is -1.30. The van der Waals surface area contributed by atoms with Gasteiger partial charge in [-0.3, -0.25) is 9.78 Å². The second kappa shape index (κ2) is 7.03. The highest BCUT2D eigenvalue weighted by molar-refractivity contribution is 8.00. The Morgan fingerprint density at radius 2 is 1.87 bits per heavy atom. The van der Waals surface area contributed by atoms with E-state index in [2.05, 4.69) is 25.5 Å². The van der Waals surface area contributed by atoms with Crippen molar-refractivity contribution in [1.82, 2.24) is 20.2 Å². The van der Waals surface area contributed by atoms with Gasteiger partial charge in [-0.25, -0.2) is 0 Å². The zero-order chi connectivity index (χ0) is 16.1. The number of carbonyl (C=O) groups is 1. The number of aliphatic hydroxyl groups is 1. The van der Waals surface area contributed by atoms with Gasteiger partial charge in [0.1, 0.15) is 0 Å². The molecule has 116 valence electrons. The molecule has 0 bridgehead atoms. The van der Waals surface area contributed by atoms with Gasteiger partial charge in [0.15, 0.2) is 16.4 Å². The Balaban J connectivity index is 1.63. The van der Waals surface area contributed by atoms with Crippen LogP contribution < -0.4 is 5.32 Å². The van der Waals surface area contributed by atoms with Crippen molar-refractivity contribution in [3.63, 3.8) is 0 Å². The fourth-order valence-electron chi connectivity index (χ4n) is 1.82. The van der Waals surface area contributed by atoms with E-state index in [0.717, 1.165) is 17.3 Å². The monoisotopic (exact) mass is 327 g/mol. The van der Waals surface area contributed by atoms with Gasteiger partial charge in [-0.05, 0) is 36.0 Å². The summed E-state index contributed by atoms with van der Waals surface area (Å²) in [4.78, 5) is 18.8. The van der Waals surface area contributed by atoms with Gasteiger partial charge in [0.25, 0.3) is 5.91 Å². The first kappa shape index (κ1) is 15.2. The molecule has 3 N–H and O–H groups in total. The fraction of sp³-hybridized carbons (Fsp3) is 0.0667. The van der Waals surface area contributed by atoms with E-state index in [1.807, 2.05) is 6.07 Å². The highest BCUT2D eigenvalue weighted by atomic mass is 32.2. The number of hydrogen-bond acceptors (Lipinski definition) is 6. The summed E-state index contributed by atoms with van der Waals surface area (Å²) in [6, 6.07) is 12.5. The lowest BCUT2D eigenvalue weighted by atomic mass is 10.3. The third-order valence-electron chi connectivity index (χ3n) is 2.91. The maximum atomic E-state index is 11.9. The molecule has 0 radical (unpaired) electrons. The molecule has 0 aliphatic heterocycles. The maximum Gasteiger partial charge on any atom is 0.264 e. The van der Waals surface area contributed by atoms with Crippen LogP contribution in [-0.2, 0) is 4.79 Å². The molecule has 1 amide bonds. The Hall–Kier alpha value is -2.71. The van der Waals surface area contributed by atoms with Crippen molar-refractivity contribution in [2.24, 2.45) is 0 Å². The molecule has 0 saturated heterocycles. The number of nitrogens with one attached hydrogen (secondary N) is 2. The van der Waals surface area contributed by atoms with Crippen LogP contribution in [0.25, 0.3) is 11.4 Å². The molecule has 0 aliphatic rings. The summed E-state index contributed by atoms with van der Waals surface area (Å²) in [5.74, 6) is 0.0219. The lowest BCUT2D eigenvalue weighted by Crippen LogP contribution is -2.24. The van der Waals surface area contributed by atoms with Gasteiger partial charge in [0, 0.05) is 23.6 Å². The van der Waals surface area contributed by atoms with Gasteiger partial charge in [-0.15, -0.1) is 10.2 Å². The van der Waals surface area contributed by atoms with E-state index in [9.17, 15) is 9.90 Å². The average Bonchev–Trinajstić information content (AvgIpc) is 3.05. The highest BCUT2D eigenvalue weighted by Crippen LogP contribution is 2.22. The molecule has 3 rings (SSSR count). The smallest absolute Gasteiger partial charge is 0.264 e. The van der Waals surface area contributed by atoms with Gasteiger partial charge in [0.05, 0.1) is 0 Å². The zero-order valence-electron chi connectivity index (χ0n) is 11.9. The Bertz CT molecular complexity index is 779. The van der Waals surface area contributed by atoms with Gasteiger partial charge in [-0.2, -0.15) is 0 Å². The predicted molar refractivity (Wildman–Crippen MR) is 86.5 cm³/mol. The first-order valence-electron chi connectivity index (χ1n) is 6.76. The summed E-state index contributed by atoms with van der Waals surface area (Å²) >= 11 is 0.885. The number of thioether (sulfide) groups is 1. The van der Waals surface area contributed by atoms with Crippen molar-refractivity contribution in [2.75, 3.05) is 5.32 Å². The van der Waals surface area contributed by atoms with Crippen molar-refractivity contribution in [1.29, 1.82) is 0 Å². The molecule has 23 heavy (non-hydrogen) atoms. The van der Waals surface area contributed by atoms with Crippen molar-refractivity contribution in [3.05, 3.63) is 54.9 Å². The van der Waals surface area contributed by atoms with Crippen LogP contribution in [0.15, 0.2) is 60.0 Å². The molecule has 2 aromatic heterocycles. The topological polar surface area (TPSA) is 104 Å². The van der Waals surface area contributed by atoms with Gasteiger partial charge >= 0.3 is 0 Å². The highest BCUT2D eigenvalue weighted by Gasteiger charge is 2.19. The van der Waals surface area contributed by atoms with E-state index in [0.29, 0.717) is 16.7 Å². The number of amides is 1. The zero-order valence-corrected chi connectivity index (χ0v) is 12.7. The van der Waals surface area contributed by atoms with E-state index < -0.39 is 11.3 Å². The number of pyridine rings is 1. The summed E-state index contributed by atoms with van der Waals surface area (Å²) in [5, 5.41) is 20.8. The van der Waals surface area contributed by atoms with Gasteiger partial charge in [-0.1, -0.05) is 18.2 Å². The summed E-state index contributed by atoms with van der Waals surface area (Å²) in [6.07, 6.45) is 3.29. The molecule has 1 aromatic carbocycles. The molecular weight excluding hydrogens is 314 g/mol. The van der Waals surface area contributed by atoms with Crippen LogP contribution in [0.2, 0.25) is 0 Å². The van der Waals surface area contributed by atoms with Crippen molar-refractivity contribution in [2.45, 2.75) is 10.6 Å². The number of nitrogens with zero attached hydrogens (tertiary/aromatic N) is 3. The Kier molecular flexibility index (Phi) is 4.65. The lowest BCUT2D eigenvalue weighted by molar-refractivity contribution is -0.120. The van der Waals surface area contributed by atoms with Crippen molar-refractivity contribution in [3.8, 4) is 11.4 Å². The second-order valence-electron chi connectivity index (χ2n) is 4.54. The van der Waals surface area contributed by atoms with Crippen LogP contribution in [-0.4, -0.2) is 36.6 Å². The molecule has 1 atom stereocenters. The Morgan fingerprint density at radius 1 is 1.13 bits per heavy atom. The Labute approximate surface area is 136 Å². The maximum absolute atomic E-state index is 11.9. The molecule has 0 saturated carbocycles. The van der Waals surface area contributed by atoms with E-state index in [1.54, 1.807) is 48.8 Å². The first-order chi connectivity index (χ1) is 11.2. The number of aliphatic hydroxyl groups excluding tert-OH is 1. The summed E-state index contributed by atoms with van der Waals surface area (Å²) in [5.41, 5.74) is 0.142. The van der Waals surface area contributed by atoms with Crippen LogP contribution in [0.1, 0.15) is 0 Å². The average molecular weight is 327 g/mol. The van der Waals surface area contributed by atoms with E-state index in [-0.39, 0.29) is 0 Å². The van der Waals surface area contributed by atoms with Crippen molar-refractivity contribution < 1.29 is 9.90 Å². The van der Waals surface area contributed by atoms with Crippen LogP contribution in [0.3, 0.4) is 0 Å². The minimum Gasteiger partial charge on any atom is -0.373 e. The lowest BCUT2D eigenvalue weighted by Gasteiger charge is -2.09. The number of H-pyrrole nitrogens is 1. The third-order valence-corrected chi connectivity index (χ3v) is 3.75. The van der Waals surface area contributed by atoms with Crippen LogP contribution >= 0.6 is 11.8 Å². The number of benzene rings is 1. The first-order valence-corrected chi connectivity index (χ1v) is 7.64. The Morgan fingerprint density at radius 3 is 2.61 bits per heavy atom. The molecule has 8 heteroatoms. The number of aromatic amines is 1. The van der Waals surface area contributed by atoms with Crippen LogP contribution in [0, 0.1) is 0 Å². The molecule has 0 spiro atoms. The number of hydrogen-bond donors (Lipinski definition) is 3. The summed E-state index contributed by atoms with van der Waals surface area (Å²) < 4.78 is 0. The molecule has 2 heterocycles. The largest absolute Gasteiger partial charge is 0.373 e. The molecule has 3 aromatic rings.